The number of aromatic nitrogens is 1. The number of rotatable bonds is 5. The minimum absolute atomic E-state index is 0.0296. The van der Waals surface area contributed by atoms with E-state index in [9.17, 15) is 9.59 Å². The van der Waals surface area contributed by atoms with Crippen LogP contribution in [0, 0.1) is 5.92 Å². The molecule has 0 aliphatic carbocycles. The lowest BCUT2D eigenvalue weighted by molar-refractivity contribution is -0.124. The molecule has 2 heterocycles. The van der Waals surface area contributed by atoms with Crippen LogP contribution in [0.4, 0.5) is 0 Å². The summed E-state index contributed by atoms with van der Waals surface area (Å²) in [6, 6.07) is 7.03. The Morgan fingerprint density at radius 3 is 2.78 bits per heavy atom. The normalized spacial score (nSPS) is 17.2. The van der Waals surface area contributed by atoms with Gasteiger partial charge in [-0.15, -0.1) is 11.3 Å². The van der Waals surface area contributed by atoms with E-state index in [0.717, 1.165) is 30.1 Å². The molecule has 1 unspecified atom stereocenters. The van der Waals surface area contributed by atoms with Crippen LogP contribution < -0.4 is 5.32 Å². The summed E-state index contributed by atoms with van der Waals surface area (Å²) in [6.07, 6.45) is 1.98. The summed E-state index contributed by atoms with van der Waals surface area (Å²) in [5.41, 5.74) is 1.54. The predicted octanol–water partition coefficient (Wildman–Crippen LogP) is 4.09. The maximum atomic E-state index is 12.8. The van der Waals surface area contributed by atoms with Crippen LogP contribution in [0.25, 0.3) is 0 Å². The molecule has 1 fully saturated rings. The van der Waals surface area contributed by atoms with Crippen molar-refractivity contribution in [3.63, 3.8) is 0 Å². The standard InChI is InChI=1S/C20H24ClN3O2S/c1-13(2)18(25)22-10-17-12-27-19(23-17)15-4-3-9-24(11-15)20(26)14-5-7-16(21)8-6-14/h5-8,12-13,15H,3-4,9-11H2,1-2H3,(H,22,25). The molecule has 1 aliphatic rings. The first kappa shape index (κ1) is 19.8. The van der Waals surface area contributed by atoms with Crippen LogP contribution in [-0.4, -0.2) is 34.8 Å². The smallest absolute Gasteiger partial charge is 0.253 e. The van der Waals surface area contributed by atoms with Gasteiger partial charge in [0.25, 0.3) is 5.91 Å². The molecular formula is C20H24ClN3O2S. The molecule has 27 heavy (non-hydrogen) atoms. The third-order valence-electron chi connectivity index (χ3n) is 4.69. The molecule has 2 amide bonds. The number of nitrogens with zero attached hydrogens (tertiary/aromatic N) is 2. The highest BCUT2D eigenvalue weighted by molar-refractivity contribution is 7.09. The fourth-order valence-electron chi connectivity index (χ4n) is 3.11. The van der Waals surface area contributed by atoms with E-state index in [2.05, 4.69) is 5.32 Å². The van der Waals surface area contributed by atoms with Crippen molar-refractivity contribution in [3.8, 4) is 0 Å². The number of hydrogen-bond donors (Lipinski definition) is 1. The van der Waals surface area contributed by atoms with Gasteiger partial charge in [-0.05, 0) is 37.1 Å². The van der Waals surface area contributed by atoms with Crippen LogP contribution in [0.2, 0.25) is 5.02 Å². The van der Waals surface area contributed by atoms with Crippen LogP contribution in [0.3, 0.4) is 0 Å². The van der Waals surface area contributed by atoms with E-state index >= 15 is 0 Å². The van der Waals surface area contributed by atoms with Gasteiger partial charge in [-0.3, -0.25) is 9.59 Å². The molecule has 7 heteroatoms. The number of nitrogens with one attached hydrogen (secondary N) is 1. The number of thiazole rings is 1. The fraction of sp³-hybridized carbons (Fsp3) is 0.450. The minimum atomic E-state index is -0.0334. The van der Waals surface area contributed by atoms with E-state index in [0.29, 0.717) is 23.7 Å². The highest BCUT2D eigenvalue weighted by Gasteiger charge is 2.27. The van der Waals surface area contributed by atoms with Crippen LogP contribution in [0.15, 0.2) is 29.6 Å². The second kappa shape index (κ2) is 8.85. The maximum absolute atomic E-state index is 12.8. The third kappa shape index (κ3) is 5.08. The van der Waals surface area contributed by atoms with E-state index in [1.807, 2.05) is 24.1 Å². The molecule has 1 aromatic heterocycles. The summed E-state index contributed by atoms with van der Waals surface area (Å²) in [4.78, 5) is 31.1. The van der Waals surface area contributed by atoms with Gasteiger partial charge in [-0.25, -0.2) is 4.98 Å². The van der Waals surface area contributed by atoms with Crippen molar-refractivity contribution in [2.45, 2.75) is 39.2 Å². The summed E-state index contributed by atoms with van der Waals surface area (Å²) >= 11 is 7.52. The predicted molar refractivity (Wildman–Crippen MR) is 108 cm³/mol. The number of benzene rings is 1. The van der Waals surface area contributed by atoms with Gasteiger partial charge >= 0.3 is 0 Å². The molecule has 1 N–H and O–H groups in total. The second-order valence-corrected chi connectivity index (χ2v) is 8.47. The number of amides is 2. The van der Waals surface area contributed by atoms with E-state index in [4.69, 9.17) is 16.6 Å². The Kier molecular flexibility index (Phi) is 6.50. The van der Waals surface area contributed by atoms with Crippen molar-refractivity contribution >= 4 is 34.8 Å². The van der Waals surface area contributed by atoms with Gasteiger partial charge in [0, 0.05) is 40.9 Å². The highest BCUT2D eigenvalue weighted by atomic mass is 35.5. The van der Waals surface area contributed by atoms with E-state index in [1.54, 1.807) is 35.6 Å². The van der Waals surface area contributed by atoms with Crippen molar-refractivity contribution in [2.75, 3.05) is 13.1 Å². The van der Waals surface area contributed by atoms with Crippen molar-refractivity contribution in [1.29, 1.82) is 0 Å². The molecule has 0 spiro atoms. The summed E-state index contributed by atoms with van der Waals surface area (Å²) in [7, 11) is 0. The molecule has 5 nitrogen and oxygen atoms in total. The molecule has 1 atom stereocenters. The zero-order valence-electron chi connectivity index (χ0n) is 15.6. The van der Waals surface area contributed by atoms with Gasteiger partial charge in [0.2, 0.25) is 5.91 Å². The van der Waals surface area contributed by atoms with Gasteiger partial charge in [-0.1, -0.05) is 25.4 Å². The summed E-state index contributed by atoms with van der Waals surface area (Å²) in [6.45, 7) is 5.63. The summed E-state index contributed by atoms with van der Waals surface area (Å²) in [5, 5.41) is 6.56. The van der Waals surface area contributed by atoms with E-state index < -0.39 is 0 Å². The maximum Gasteiger partial charge on any atom is 0.253 e. The molecule has 144 valence electrons. The van der Waals surface area contributed by atoms with Gasteiger partial charge in [0.15, 0.2) is 0 Å². The largest absolute Gasteiger partial charge is 0.350 e. The number of halogens is 1. The monoisotopic (exact) mass is 405 g/mol. The van der Waals surface area contributed by atoms with Crippen LogP contribution >= 0.6 is 22.9 Å². The molecule has 3 rings (SSSR count). The summed E-state index contributed by atoms with van der Waals surface area (Å²) in [5.74, 6) is 0.280. The van der Waals surface area contributed by atoms with Crippen LogP contribution in [0.1, 0.15) is 53.7 Å². The Hall–Kier alpha value is -1.92. The lowest BCUT2D eigenvalue weighted by Gasteiger charge is -2.32. The molecule has 1 aliphatic heterocycles. The first-order valence-corrected chi connectivity index (χ1v) is 10.5. The third-order valence-corrected chi connectivity index (χ3v) is 5.99. The van der Waals surface area contributed by atoms with Crippen molar-refractivity contribution in [3.05, 3.63) is 50.9 Å². The van der Waals surface area contributed by atoms with Gasteiger partial charge in [0.05, 0.1) is 17.2 Å². The molecule has 2 aromatic rings. The Morgan fingerprint density at radius 1 is 1.33 bits per heavy atom. The van der Waals surface area contributed by atoms with Crippen molar-refractivity contribution in [2.24, 2.45) is 5.92 Å². The quantitative estimate of drug-likeness (QED) is 0.814. The molecule has 1 aromatic carbocycles. The highest BCUT2D eigenvalue weighted by Crippen LogP contribution is 2.30. The minimum Gasteiger partial charge on any atom is -0.350 e. The number of carbonyl (C=O) groups is 2. The lowest BCUT2D eigenvalue weighted by Crippen LogP contribution is -2.39. The fourth-order valence-corrected chi connectivity index (χ4v) is 4.18. The zero-order chi connectivity index (χ0) is 19.4. The van der Waals surface area contributed by atoms with Crippen molar-refractivity contribution in [1.82, 2.24) is 15.2 Å². The summed E-state index contributed by atoms with van der Waals surface area (Å²) < 4.78 is 0. The zero-order valence-corrected chi connectivity index (χ0v) is 17.1. The first-order valence-electron chi connectivity index (χ1n) is 9.21. The van der Waals surface area contributed by atoms with E-state index in [-0.39, 0.29) is 23.7 Å². The molecule has 0 radical (unpaired) electrons. The Labute approximate surface area is 168 Å². The number of hydrogen-bond acceptors (Lipinski definition) is 4. The van der Waals surface area contributed by atoms with Crippen molar-refractivity contribution < 1.29 is 9.59 Å². The Morgan fingerprint density at radius 2 is 2.07 bits per heavy atom. The van der Waals surface area contributed by atoms with Gasteiger partial charge < -0.3 is 10.2 Å². The Balaban J connectivity index is 1.62. The van der Waals surface area contributed by atoms with Gasteiger partial charge in [0.1, 0.15) is 0 Å². The van der Waals surface area contributed by atoms with Gasteiger partial charge in [-0.2, -0.15) is 0 Å². The second-order valence-electron chi connectivity index (χ2n) is 7.15. The molecule has 1 saturated heterocycles. The molecular weight excluding hydrogens is 382 g/mol. The van der Waals surface area contributed by atoms with E-state index in [1.165, 1.54) is 0 Å². The first-order chi connectivity index (χ1) is 12.9. The molecule has 0 bridgehead atoms. The Bertz CT molecular complexity index is 804. The number of likely N-dealkylation sites (tertiary alicyclic amines) is 1. The van der Waals surface area contributed by atoms with Crippen LogP contribution in [0.5, 0.6) is 0 Å². The average Bonchev–Trinajstić information content (AvgIpc) is 3.15. The number of carbonyl (C=O) groups excluding carboxylic acids is 2. The number of piperidine rings is 1. The van der Waals surface area contributed by atoms with Crippen LogP contribution in [-0.2, 0) is 11.3 Å². The average molecular weight is 406 g/mol. The lowest BCUT2D eigenvalue weighted by atomic mass is 9.98. The molecule has 0 saturated carbocycles. The topological polar surface area (TPSA) is 62.3 Å². The SMILES string of the molecule is CC(C)C(=O)NCc1csc(C2CCCN(C(=O)c3ccc(Cl)cc3)C2)n1.